The van der Waals surface area contributed by atoms with Gasteiger partial charge in [-0.05, 0) is 53.8 Å². The van der Waals surface area contributed by atoms with Crippen LogP contribution in [0.3, 0.4) is 0 Å². The number of nitrogens with one attached hydrogen (secondary N) is 3. The highest BCUT2D eigenvalue weighted by Gasteiger charge is 2.29. The molecule has 1 unspecified atom stereocenters. The van der Waals surface area contributed by atoms with Crippen molar-refractivity contribution in [1.82, 2.24) is 10.6 Å². The second-order valence-electron chi connectivity index (χ2n) is 8.77. The van der Waals surface area contributed by atoms with Gasteiger partial charge in [0.2, 0.25) is 11.8 Å². The van der Waals surface area contributed by atoms with Crippen LogP contribution in [0.5, 0.6) is 0 Å². The van der Waals surface area contributed by atoms with Crippen molar-refractivity contribution in [2.75, 3.05) is 11.9 Å². The SMILES string of the molecule is CC(NC(=O)[C@H](C)NC(=O)OCC1c2ccccc2-c2ccccc21)C(=O)Nc1ccc(CO)cc1. The highest BCUT2D eigenvalue weighted by molar-refractivity contribution is 5.97. The monoisotopic (exact) mass is 487 g/mol. The van der Waals surface area contributed by atoms with Crippen LogP contribution in [-0.4, -0.2) is 41.7 Å². The molecule has 0 bridgehead atoms. The fourth-order valence-corrected chi connectivity index (χ4v) is 4.23. The van der Waals surface area contributed by atoms with Gasteiger partial charge in [-0.3, -0.25) is 9.59 Å². The molecule has 0 saturated carbocycles. The summed E-state index contributed by atoms with van der Waals surface area (Å²) in [4.78, 5) is 37.4. The van der Waals surface area contributed by atoms with Crippen LogP contribution >= 0.6 is 0 Å². The van der Waals surface area contributed by atoms with Gasteiger partial charge in [-0.25, -0.2) is 4.79 Å². The van der Waals surface area contributed by atoms with Crippen molar-refractivity contribution in [3.63, 3.8) is 0 Å². The molecule has 0 spiro atoms. The molecule has 3 aromatic rings. The van der Waals surface area contributed by atoms with E-state index in [1.54, 1.807) is 31.2 Å². The zero-order valence-electron chi connectivity index (χ0n) is 20.2. The maximum absolute atomic E-state index is 12.5. The van der Waals surface area contributed by atoms with Crippen LogP contribution in [0.1, 0.15) is 36.5 Å². The summed E-state index contributed by atoms with van der Waals surface area (Å²) < 4.78 is 5.48. The van der Waals surface area contributed by atoms with Gasteiger partial charge in [-0.2, -0.15) is 0 Å². The Hall–Kier alpha value is -4.17. The zero-order chi connectivity index (χ0) is 25.7. The molecule has 8 nitrogen and oxygen atoms in total. The predicted molar refractivity (Wildman–Crippen MR) is 136 cm³/mol. The molecule has 1 aliphatic rings. The average molecular weight is 488 g/mol. The molecule has 0 aromatic heterocycles. The van der Waals surface area contributed by atoms with E-state index in [2.05, 4.69) is 28.1 Å². The molecule has 186 valence electrons. The van der Waals surface area contributed by atoms with Crippen molar-refractivity contribution < 1.29 is 24.2 Å². The summed E-state index contributed by atoms with van der Waals surface area (Å²) in [6.45, 7) is 3.13. The van der Waals surface area contributed by atoms with Gasteiger partial charge >= 0.3 is 6.09 Å². The molecule has 0 heterocycles. The van der Waals surface area contributed by atoms with E-state index in [0.717, 1.165) is 27.8 Å². The van der Waals surface area contributed by atoms with Gasteiger partial charge in [0.05, 0.1) is 6.61 Å². The fraction of sp³-hybridized carbons (Fsp3) is 0.250. The summed E-state index contributed by atoms with van der Waals surface area (Å²) in [5.74, 6) is -1.00. The van der Waals surface area contributed by atoms with Crippen molar-refractivity contribution in [2.24, 2.45) is 0 Å². The number of ether oxygens (including phenoxy) is 1. The Labute approximate surface area is 209 Å². The van der Waals surface area contributed by atoms with E-state index in [1.165, 1.54) is 6.92 Å². The number of rotatable bonds is 8. The van der Waals surface area contributed by atoms with Crippen molar-refractivity contribution in [2.45, 2.75) is 38.5 Å². The Morgan fingerprint density at radius 2 is 1.36 bits per heavy atom. The third-order valence-corrected chi connectivity index (χ3v) is 6.23. The summed E-state index contributed by atoms with van der Waals surface area (Å²) >= 11 is 0. The zero-order valence-corrected chi connectivity index (χ0v) is 20.2. The lowest BCUT2D eigenvalue weighted by molar-refractivity contribution is -0.127. The molecule has 3 aromatic carbocycles. The quantitative estimate of drug-likeness (QED) is 0.388. The van der Waals surface area contributed by atoms with E-state index in [4.69, 9.17) is 9.84 Å². The molecule has 4 N–H and O–H groups in total. The van der Waals surface area contributed by atoms with Crippen LogP contribution in [0.2, 0.25) is 0 Å². The van der Waals surface area contributed by atoms with Crippen LogP contribution in [0, 0.1) is 0 Å². The molecule has 0 fully saturated rings. The summed E-state index contributed by atoms with van der Waals surface area (Å²) in [7, 11) is 0. The Morgan fingerprint density at radius 1 is 0.806 bits per heavy atom. The van der Waals surface area contributed by atoms with Gasteiger partial charge in [0.1, 0.15) is 18.7 Å². The molecule has 3 amide bonds. The average Bonchev–Trinajstić information content (AvgIpc) is 3.21. The Morgan fingerprint density at radius 3 is 1.94 bits per heavy atom. The first-order valence-corrected chi connectivity index (χ1v) is 11.8. The van der Waals surface area contributed by atoms with Gasteiger partial charge in [0.15, 0.2) is 0 Å². The molecule has 0 saturated heterocycles. The first kappa shape index (κ1) is 24.9. The minimum absolute atomic E-state index is 0.0811. The highest BCUT2D eigenvalue weighted by Crippen LogP contribution is 2.44. The van der Waals surface area contributed by atoms with Crippen LogP contribution in [0.4, 0.5) is 10.5 Å². The number of hydrogen-bond acceptors (Lipinski definition) is 5. The minimum atomic E-state index is -0.903. The molecular formula is C28H29N3O5. The molecular weight excluding hydrogens is 458 g/mol. The number of benzene rings is 3. The van der Waals surface area contributed by atoms with Crippen molar-refractivity contribution in [3.8, 4) is 11.1 Å². The number of hydrogen-bond donors (Lipinski definition) is 4. The first-order chi connectivity index (χ1) is 17.4. The van der Waals surface area contributed by atoms with Crippen LogP contribution < -0.4 is 16.0 Å². The van der Waals surface area contributed by atoms with Crippen molar-refractivity contribution >= 4 is 23.6 Å². The summed E-state index contributed by atoms with van der Waals surface area (Å²) in [6, 6.07) is 21.1. The Kier molecular flexibility index (Phi) is 7.65. The number of amides is 3. The van der Waals surface area contributed by atoms with E-state index in [-0.39, 0.29) is 19.1 Å². The number of alkyl carbamates (subject to hydrolysis) is 1. The maximum Gasteiger partial charge on any atom is 0.407 e. The van der Waals surface area contributed by atoms with Gasteiger partial charge < -0.3 is 25.8 Å². The highest BCUT2D eigenvalue weighted by atomic mass is 16.5. The number of aliphatic hydroxyl groups excluding tert-OH is 1. The van der Waals surface area contributed by atoms with Gasteiger partial charge in [0, 0.05) is 11.6 Å². The lowest BCUT2D eigenvalue weighted by Gasteiger charge is -2.19. The second kappa shape index (κ2) is 11.0. The lowest BCUT2D eigenvalue weighted by atomic mass is 9.98. The predicted octanol–water partition coefficient (Wildman–Crippen LogP) is 3.55. The molecule has 4 rings (SSSR count). The lowest BCUT2D eigenvalue weighted by Crippen LogP contribution is -2.50. The normalized spacial score (nSPS) is 13.6. The second-order valence-corrected chi connectivity index (χ2v) is 8.77. The van der Waals surface area contributed by atoms with Crippen LogP contribution in [0.15, 0.2) is 72.8 Å². The van der Waals surface area contributed by atoms with Gasteiger partial charge in [-0.15, -0.1) is 0 Å². The number of carbonyl (C=O) groups excluding carboxylic acids is 3. The number of carbonyl (C=O) groups is 3. The summed E-state index contributed by atoms with van der Waals surface area (Å²) in [6.07, 6.45) is -0.708. The van der Waals surface area contributed by atoms with Crippen LogP contribution in [-0.2, 0) is 20.9 Å². The standard InChI is InChI=1S/C28H29N3O5/c1-17(27(34)31-20-13-11-19(15-32)12-14-20)29-26(33)18(2)30-28(35)36-16-25-23-9-5-3-7-21(23)22-8-4-6-10-24(22)25/h3-14,17-18,25,32H,15-16H2,1-2H3,(H,29,33)(H,30,35)(H,31,34)/t17?,18-/m0/s1. The van der Waals surface area contributed by atoms with E-state index >= 15 is 0 Å². The summed E-state index contributed by atoms with van der Waals surface area (Å²) in [5.41, 5.74) is 5.73. The third kappa shape index (κ3) is 5.55. The molecule has 36 heavy (non-hydrogen) atoms. The fourth-order valence-electron chi connectivity index (χ4n) is 4.23. The third-order valence-electron chi connectivity index (χ3n) is 6.23. The number of fused-ring (bicyclic) bond motifs is 3. The Balaban J connectivity index is 1.27. The maximum atomic E-state index is 12.5. The first-order valence-electron chi connectivity index (χ1n) is 11.8. The van der Waals surface area contributed by atoms with Crippen molar-refractivity contribution in [3.05, 3.63) is 89.5 Å². The molecule has 1 aliphatic carbocycles. The molecule has 0 radical (unpaired) electrons. The van der Waals surface area contributed by atoms with E-state index < -0.39 is 30.0 Å². The smallest absolute Gasteiger partial charge is 0.407 e. The molecule has 2 atom stereocenters. The van der Waals surface area contributed by atoms with Gasteiger partial charge in [0.25, 0.3) is 0 Å². The molecule has 0 aliphatic heterocycles. The van der Waals surface area contributed by atoms with E-state index in [9.17, 15) is 14.4 Å². The van der Waals surface area contributed by atoms with E-state index in [1.807, 2.05) is 36.4 Å². The number of aliphatic hydroxyl groups is 1. The summed E-state index contributed by atoms with van der Waals surface area (Å²) in [5, 5.41) is 16.9. The number of anilines is 1. The Bertz CT molecular complexity index is 1210. The molecule has 8 heteroatoms. The largest absolute Gasteiger partial charge is 0.449 e. The van der Waals surface area contributed by atoms with Crippen molar-refractivity contribution in [1.29, 1.82) is 0 Å². The van der Waals surface area contributed by atoms with Crippen LogP contribution in [0.25, 0.3) is 11.1 Å². The van der Waals surface area contributed by atoms with Gasteiger partial charge in [-0.1, -0.05) is 60.7 Å². The minimum Gasteiger partial charge on any atom is -0.449 e. The topological polar surface area (TPSA) is 117 Å². The van der Waals surface area contributed by atoms with E-state index in [0.29, 0.717) is 5.69 Å².